The Bertz CT molecular complexity index is 1570. The minimum absolute atomic E-state index is 0.0114. The number of ether oxygens (including phenoxy) is 1. The molecule has 1 N–H and O–H groups in total. The number of nitrogens with zero attached hydrogens (tertiary/aromatic N) is 3. The molecule has 0 aliphatic rings. The second kappa shape index (κ2) is 9.46. The fourth-order valence-corrected chi connectivity index (χ4v) is 4.32. The number of nitrogens with one attached hydrogen (secondary N) is 1. The maximum absolute atomic E-state index is 13.6. The third-order valence-corrected chi connectivity index (χ3v) is 5.93. The lowest BCUT2D eigenvalue weighted by Gasteiger charge is -2.10. The molecule has 35 heavy (non-hydrogen) atoms. The number of hydrogen-bond donors (Lipinski definition) is 1. The lowest BCUT2D eigenvalue weighted by molar-refractivity contribution is -0.116. The third kappa shape index (κ3) is 4.53. The highest BCUT2D eigenvalue weighted by molar-refractivity contribution is 6.06. The topological polar surface area (TPSA) is 78.2 Å². The molecule has 0 aliphatic carbocycles. The summed E-state index contributed by atoms with van der Waals surface area (Å²) in [6.07, 6.45) is 1.59. The summed E-state index contributed by atoms with van der Waals surface area (Å²) in [6, 6.07) is 22.9. The van der Waals surface area contributed by atoms with Crippen molar-refractivity contribution in [2.45, 2.75) is 26.9 Å². The standard InChI is InChI=1S/C28H26N4O3/c1-3-35-22-12-10-21(11-13-22)30-25(33)17-32-24-14-9-19(2)15-23(24)26-27(32)28(34)31(18-29-26)16-20-7-5-4-6-8-20/h4-15,18H,3,16-17H2,1-2H3,(H,30,33). The Morgan fingerprint density at radius 3 is 2.54 bits per heavy atom. The van der Waals surface area contributed by atoms with E-state index in [1.807, 2.05) is 74.5 Å². The fourth-order valence-electron chi connectivity index (χ4n) is 4.32. The van der Waals surface area contributed by atoms with E-state index in [1.165, 1.54) is 0 Å². The summed E-state index contributed by atoms with van der Waals surface area (Å²) in [7, 11) is 0. The smallest absolute Gasteiger partial charge is 0.278 e. The Balaban J connectivity index is 1.53. The van der Waals surface area contributed by atoms with Crippen LogP contribution in [0.2, 0.25) is 0 Å². The highest BCUT2D eigenvalue weighted by Gasteiger charge is 2.19. The van der Waals surface area contributed by atoms with E-state index in [4.69, 9.17) is 4.74 Å². The number of amides is 1. The molecule has 0 bridgehead atoms. The van der Waals surface area contributed by atoms with Crippen LogP contribution in [-0.2, 0) is 17.9 Å². The molecule has 0 aliphatic heterocycles. The number of benzene rings is 3. The van der Waals surface area contributed by atoms with Gasteiger partial charge in [-0.15, -0.1) is 0 Å². The van der Waals surface area contributed by atoms with E-state index in [-0.39, 0.29) is 18.0 Å². The van der Waals surface area contributed by atoms with E-state index in [0.29, 0.717) is 29.9 Å². The predicted molar refractivity (Wildman–Crippen MR) is 138 cm³/mol. The van der Waals surface area contributed by atoms with Gasteiger partial charge in [-0.1, -0.05) is 42.0 Å². The van der Waals surface area contributed by atoms with Crippen LogP contribution in [0.5, 0.6) is 5.75 Å². The monoisotopic (exact) mass is 466 g/mol. The number of anilines is 1. The van der Waals surface area contributed by atoms with Crippen LogP contribution in [0.1, 0.15) is 18.1 Å². The van der Waals surface area contributed by atoms with Gasteiger partial charge in [0.05, 0.1) is 25.0 Å². The second-order valence-corrected chi connectivity index (χ2v) is 8.47. The molecule has 2 heterocycles. The first-order valence-corrected chi connectivity index (χ1v) is 11.6. The van der Waals surface area contributed by atoms with Gasteiger partial charge >= 0.3 is 0 Å². The summed E-state index contributed by atoms with van der Waals surface area (Å²) in [5.74, 6) is 0.514. The lowest BCUT2D eigenvalue weighted by Crippen LogP contribution is -2.25. The lowest BCUT2D eigenvalue weighted by atomic mass is 10.1. The molecule has 0 saturated carbocycles. The van der Waals surface area contributed by atoms with Crippen LogP contribution in [-0.4, -0.2) is 26.6 Å². The van der Waals surface area contributed by atoms with Gasteiger partial charge in [0.15, 0.2) is 0 Å². The molecule has 5 rings (SSSR count). The minimum atomic E-state index is -0.230. The fraction of sp³-hybridized carbons (Fsp3) is 0.179. The van der Waals surface area contributed by atoms with E-state index >= 15 is 0 Å². The summed E-state index contributed by atoms with van der Waals surface area (Å²) in [6.45, 7) is 4.89. The number of aryl methyl sites for hydroxylation is 1. The summed E-state index contributed by atoms with van der Waals surface area (Å²) >= 11 is 0. The Labute approximate surface area is 202 Å². The van der Waals surface area contributed by atoms with Crippen molar-refractivity contribution in [3.63, 3.8) is 0 Å². The van der Waals surface area contributed by atoms with E-state index < -0.39 is 0 Å². The van der Waals surface area contributed by atoms with Gasteiger partial charge in [0, 0.05) is 11.1 Å². The Morgan fingerprint density at radius 2 is 1.80 bits per heavy atom. The molecule has 0 radical (unpaired) electrons. The van der Waals surface area contributed by atoms with Gasteiger partial charge in [0.1, 0.15) is 23.3 Å². The molecular weight excluding hydrogens is 440 g/mol. The molecule has 1 amide bonds. The van der Waals surface area contributed by atoms with Crippen molar-refractivity contribution in [2.24, 2.45) is 0 Å². The van der Waals surface area contributed by atoms with Gasteiger partial charge < -0.3 is 14.6 Å². The molecule has 7 heteroatoms. The van der Waals surface area contributed by atoms with Gasteiger partial charge in [0.25, 0.3) is 5.56 Å². The first-order chi connectivity index (χ1) is 17.0. The molecule has 2 aromatic heterocycles. The molecule has 0 unspecified atom stereocenters. The van der Waals surface area contributed by atoms with Crippen LogP contribution in [0.3, 0.4) is 0 Å². The highest BCUT2D eigenvalue weighted by atomic mass is 16.5. The SMILES string of the molecule is CCOc1ccc(NC(=O)Cn2c3ccc(C)cc3c3ncn(Cc4ccccc4)c(=O)c32)cc1. The van der Waals surface area contributed by atoms with E-state index in [2.05, 4.69) is 10.3 Å². The van der Waals surface area contributed by atoms with Gasteiger partial charge in [-0.05, 0) is 55.8 Å². The number of hydrogen-bond acceptors (Lipinski definition) is 4. The van der Waals surface area contributed by atoms with Crippen molar-refractivity contribution in [2.75, 3.05) is 11.9 Å². The number of carbonyl (C=O) groups is 1. The molecule has 3 aromatic carbocycles. The largest absolute Gasteiger partial charge is 0.494 e. The van der Waals surface area contributed by atoms with Crippen LogP contribution >= 0.6 is 0 Å². The molecule has 176 valence electrons. The van der Waals surface area contributed by atoms with Crippen LogP contribution in [0, 0.1) is 6.92 Å². The quantitative estimate of drug-likeness (QED) is 0.376. The zero-order valence-electron chi connectivity index (χ0n) is 19.7. The van der Waals surface area contributed by atoms with Crippen molar-refractivity contribution >= 4 is 33.5 Å². The first kappa shape index (κ1) is 22.4. The normalized spacial score (nSPS) is 11.1. The summed E-state index contributed by atoms with van der Waals surface area (Å²) in [5.41, 5.74) is 4.37. The number of rotatable bonds is 7. The zero-order valence-corrected chi connectivity index (χ0v) is 19.7. The molecular formula is C28H26N4O3. The van der Waals surface area contributed by atoms with Crippen molar-refractivity contribution in [1.29, 1.82) is 0 Å². The molecule has 7 nitrogen and oxygen atoms in total. The molecule has 0 spiro atoms. The Hall–Kier alpha value is -4.39. The summed E-state index contributed by atoms with van der Waals surface area (Å²) in [4.78, 5) is 31.3. The Morgan fingerprint density at radius 1 is 1.03 bits per heavy atom. The van der Waals surface area contributed by atoms with Crippen LogP contribution in [0.15, 0.2) is 83.9 Å². The molecule has 0 atom stereocenters. The third-order valence-electron chi connectivity index (χ3n) is 5.93. The second-order valence-electron chi connectivity index (χ2n) is 8.47. The number of aromatic nitrogens is 3. The van der Waals surface area contributed by atoms with Crippen LogP contribution in [0.25, 0.3) is 21.9 Å². The molecule has 5 aromatic rings. The van der Waals surface area contributed by atoms with Gasteiger partial charge in [-0.2, -0.15) is 0 Å². The highest BCUT2D eigenvalue weighted by Crippen LogP contribution is 2.27. The molecule has 0 saturated heterocycles. The van der Waals surface area contributed by atoms with E-state index in [9.17, 15) is 9.59 Å². The van der Waals surface area contributed by atoms with Gasteiger partial charge in [0.2, 0.25) is 5.91 Å². The Kier molecular flexibility index (Phi) is 6.06. The zero-order chi connectivity index (χ0) is 24.4. The number of carbonyl (C=O) groups excluding carboxylic acids is 1. The summed E-state index contributed by atoms with van der Waals surface area (Å²) < 4.78 is 8.82. The average Bonchev–Trinajstić information content (AvgIpc) is 3.16. The van der Waals surface area contributed by atoms with Gasteiger partial charge in [-0.25, -0.2) is 4.98 Å². The maximum Gasteiger partial charge on any atom is 0.278 e. The minimum Gasteiger partial charge on any atom is -0.494 e. The average molecular weight is 467 g/mol. The van der Waals surface area contributed by atoms with Gasteiger partial charge in [-0.3, -0.25) is 14.2 Å². The summed E-state index contributed by atoms with van der Waals surface area (Å²) in [5, 5.41) is 3.78. The van der Waals surface area contributed by atoms with Crippen molar-refractivity contribution in [3.8, 4) is 5.75 Å². The van der Waals surface area contributed by atoms with Crippen molar-refractivity contribution in [3.05, 3.63) is 101 Å². The van der Waals surface area contributed by atoms with Crippen LogP contribution in [0.4, 0.5) is 5.69 Å². The van der Waals surface area contributed by atoms with E-state index in [0.717, 1.165) is 27.8 Å². The van der Waals surface area contributed by atoms with Crippen LogP contribution < -0.4 is 15.6 Å². The van der Waals surface area contributed by atoms with Crippen molar-refractivity contribution < 1.29 is 9.53 Å². The predicted octanol–water partition coefficient (Wildman–Crippen LogP) is 4.75. The van der Waals surface area contributed by atoms with Crippen molar-refractivity contribution in [1.82, 2.24) is 14.1 Å². The maximum atomic E-state index is 13.6. The first-order valence-electron chi connectivity index (χ1n) is 11.6. The molecule has 0 fully saturated rings. The van der Waals surface area contributed by atoms with E-state index in [1.54, 1.807) is 27.6 Å². The number of fused-ring (bicyclic) bond motifs is 3.